The number of piperazine rings is 1. The summed E-state index contributed by atoms with van der Waals surface area (Å²) in [5.74, 6) is 1.28. The van der Waals surface area contributed by atoms with Crippen molar-refractivity contribution in [1.29, 1.82) is 0 Å². The Hall–Kier alpha value is -2.54. The Morgan fingerprint density at radius 3 is 2.67 bits per heavy atom. The van der Waals surface area contributed by atoms with Crippen LogP contribution in [-0.2, 0) is 13.2 Å². The molecule has 0 radical (unpaired) electrons. The van der Waals surface area contributed by atoms with Crippen LogP contribution >= 0.6 is 23.2 Å². The Labute approximate surface area is 185 Å². The Bertz CT molecular complexity index is 1000. The maximum absolute atomic E-state index is 12.8. The predicted molar refractivity (Wildman–Crippen MR) is 115 cm³/mol. The van der Waals surface area contributed by atoms with E-state index in [2.05, 4.69) is 16.0 Å². The molecule has 0 spiro atoms. The number of carbonyl (C=O) groups excluding carboxylic acids is 1. The van der Waals surface area contributed by atoms with Crippen molar-refractivity contribution in [2.75, 3.05) is 26.2 Å². The molecule has 0 bridgehead atoms. The second kappa shape index (κ2) is 9.51. The number of amides is 1. The lowest BCUT2D eigenvalue weighted by Gasteiger charge is -2.34. The molecule has 0 unspecified atom stereocenters. The van der Waals surface area contributed by atoms with Crippen molar-refractivity contribution in [2.45, 2.75) is 13.2 Å². The number of nitrogens with zero attached hydrogens (tertiary/aromatic N) is 3. The molecule has 3 aromatic rings. The fourth-order valence-corrected chi connectivity index (χ4v) is 3.79. The van der Waals surface area contributed by atoms with E-state index in [1.54, 1.807) is 36.5 Å². The monoisotopic (exact) mass is 445 g/mol. The third-order valence-electron chi connectivity index (χ3n) is 4.92. The van der Waals surface area contributed by atoms with Gasteiger partial charge >= 0.3 is 0 Å². The van der Waals surface area contributed by atoms with Crippen molar-refractivity contribution < 1.29 is 13.9 Å². The highest BCUT2D eigenvalue weighted by atomic mass is 35.5. The smallest absolute Gasteiger partial charge is 0.289 e. The molecule has 1 aliphatic heterocycles. The summed E-state index contributed by atoms with van der Waals surface area (Å²) in [6.45, 7) is 3.95. The molecule has 0 saturated carbocycles. The minimum atomic E-state index is -0.105. The van der Waals surface area contributed by atoms with E-state index in [9.17, 15) is 4.79 Å². The zero-order valence-electron chi connectivity index (χ0n) is 16.3. The van der Waals surface area contributed by atoms with Gasteiger partial charge in [-0.2, -0.15) is 0 Å². The van der Waals surface area contributed by atoms with Crippen molar-refractivity contribution in [1.82, 2.24) is 14.8 Å². The molecule has 3 heterocycles. The fraction of sp³-hybridized carbons (Fsp3) is 0.273. The Morgan fingerprint density at radius 2 is 1.93 bits per heavy atom. The summed E-state index contributed by atoms with van der Waals surface area (Å²) in [4.78, 5) is 21.1. The lowest BCUT2D eigenvalue weighted by Crippen LogP contribution is -2.48. The predicted octanol–water partition coefficient (Wildman–Crippen LogP) is 4.52. The van der Waals surface area contributed by atoms with Gasteiger partial charge in [-0.3, -0.25) is 14.7 Å². The van der Waals surface area contributed by atoms with E-state index < -0.39 is 0 Å². The lowest BCUT2D eigenvalue weighted by molar-refractivity contribution is 0.0594. The molecule has 1 amide bonds. The van der Waals surface area contributed by atoms with Gasteiger partial charge in [-0.15, -0.1) is 0 Å². The van der Waals surface area contributed by atoms with Crippen molar-refractivity contribution in [2.24, 2.45) is 0 Å². The Kier molecular flexibility index (Phi) is 6.57. The van der Waals surface area contributed by atoms with E-state index in [1.807, 2.05) is 17.2 Å². The van der Waals surface area contributed by atoms with Crippen LogP contribution in [0.25, 0.3) is 0 Å². The summed E-state index contributed by atoms with van der Waals surface area (Å²) in [6.07, 6.45) is 3.65. The first-order valence-corrected chi connectivity index (χ1v) is 10.4. The number of rotatable bonds is 6. The first-order chi connectivity index (χ1) is 14.6. The third-order valence-corrected chi connectivity index (χ3v) is 5.46. The SMILES string of the molecule is O=C(c1ccc(COc2ccc(Cl)cc2Cl)o1)N1CCN(Cc2cccnc2)CC1. The highest BCUT2D eigenvalue weighted by molar-refractivity contribution is 6.35. The maximum Gasteiger partial charge on any atom is 0.289 e. The van der Waals surface area contributed by atoms with Crippen LogP contribution in [-0.4, -0.2) is 46.9 Å². The Balaban J connectivity index is 1.29. The first kappa shape index (κ1) is 20.7. The van der Waals surface area contributed by atoms with Crippen LogP contribution < -0.4 is 4.74 Å². The molecule has 2 aromatic heterocycles. The summed E-state index contributed by atoms with van der Waals surface area (Å²) in [7, 11) is 0. The average molecular weight is 446 g/mol. The van der Waals surface area contributed by atoms with E-state index >= 15 is 0 Å². The average Bonchev–Trinajstić information content (AvgIpc) is 3.23. The Morgan fingerprint density at radius 1 is 1.10 bits per heavy atom. The maximum atomic E-state index is 12.8. The van der Waals surface area contributed by atoms with Crippen molar-refractivity contribution >= 4 is 29.1 Å². The second-order valence-electron chi connectivity index (χ2n) is 7.06. The number of pyridine rings is 1. The van der Waals surface area contributed by atoms with Crippen LogP contribution in [0.3, 0.4) is 0 Å². The van der Waals surface area contributed by atoms with Crippen LogP contribution in [0.15, 0.2) is 59.3 Å². The van der Waals surface area contributed by atoms with Gasteiger partial charge in [-0.1, -0.05) is 29.3 Å². The molecule has 0 atom stereocenters. The van der Waals surface area contributed by atoms with Gasteiger partial charge in [0.25, 0.3) is 5.91 Å². The van der Waals surface area contributed by atoms with E-state index in [0.29, 0.717) is 40.4 Å². The standard InChI is InChI=1S/C22H21Cl2N3O3/c23-17-3-5-20(19(24)12-17)29-15-18-4-6-21(30-18)22(28)27-10-8-26(9-11-27)14-16-2-1-7-25-13-16/h1-7,12-13H,8-11,14-15H2. The van der Waals surface area contributed by atoms with Gasteiger partial charge in [0.05, 0.1) is 5.02 Å². The van der Waals surface area contributed by atoms with Crippen molar-refractivity contribution in [3.05, 3.63) is 82.0 Å². The summed E-state index contributed by atoms with van der Waals surface area (Å²) in [5.41, 5.74) is 1.17. The number of hydrogen-bond donors (Lipinski definition) is 0. The van der Waals surface area contributed by atoms with E-state index in [1.165, 1.54) is 5.56 Å². The molecular weight excluding hydrogens is 425 g/mol. The third kappa shape index (κ3) is 5.14. The summed E-state index contributed by atoms with van der Waals surface area (Å²) < 4.78 is 11.4. The minimum absolute atomic E-state index is 0.105. The highest BCUT2D eigenvalue weighted by Gasteiger charge is 2.24. The quantitative estimate of drug-likeness (QED) is 0.558. The molecule has 8 heteroatoms. The van der Waals surface area contributed by atoms with Gasteiger partial charge < -0.3 is 14.1 Å². The van der Waals surface area contributed by atoms with Gasteiger partial charge in [0.2, 0.25) is 0 Å². The normalized spacial score (nSPS) is 14.7. The number of ether oxygens (including phenoxy) is 1. The molecule has 156 valence electrons. The van der Waals surface area contributed by atoms with Crippen molar-refractivity contribution in [3.63, 3.8) is 0 Å². The van der Waals surface area contributed by atoms with E-state index in [0.717, 1.165) is 19.6 Å². The largest absolute Gasteiger partial charge is 0.484 e. The first-order valence-electron chi connectivity index (χ1n) is 9.65. The van der Waals surface area contributed by atoms with Crippen LogP contribution in [0.1, 0.15) is 21.9 Å². The van der Waals surface area contributed by atoms with Gasteiger partial charge in [0, 0.05) is 50.1 Å². The van der Waals surface area contributed by atoms with E-state index in [4.69, 9.17) is 32.4 Å². The van der Waals surface area contributed by atoms with Crippen LogP contribution in [0.2, 0.25) is 10.0 Å². The van der Waals surface area contributed by atoms with Crippen LogP contribution in [0, 0.1) is 0 Å². The molecule has 6 nitrogen and oxygen atoms in total. The molecule has 1 aliphatic rings. The number of halogens is 2. The number of hydrogen-bond acceptors (Lipinski definition) is 5. The van der Waals surface area contributed by atoms with Crippen LogP contribution in [0.4, 0.5) is 0 Å². The number of furan rings is 1. The van der Waals surface area contributed by atoms with Crippen LogP contribution in [0.5, 0.6) is 5.75 Å². The summed E-state index contributed by atoms with van der Waals surface area (Å²) in [5, 5.41) is 0.966. The van der Waals surface area contributed by atoms with Gasteiger partial charge in [0.15, 0.2) is 5.76 Å². The molecule has 0 N–H and O–H groups in total. The molecule has 30 heavy (non-hydrogen) atoms. The number of carbonyl (C=O) groups is 1. The zero-order chi connectivity index (χ0) is 20.9. The topological polar surface area (TPSA) is 58.8 Å². The van der Waals surface area contributed by atoms with Gasteiger partial charge in [-0.25, -0.2) is 0 Å². The number of benzene rings is 1. The van der Waals surface area contributed by atoms with Crippen molar-refractivity contribution in [3.8, 4) is 5.75 Å². The molecule has 1 saturated heterocycles. The highest BCUT2D eigenvalue weighted by Crippen LogP contribution is 2.28. The summed E-state index contributed by atoms with van der Waals surface area (Å²) in [6, 6.07) is 12.5. The fourth-order valence-electron chi connectivity index (χ4n) is 3.33. The molecule has 4 rings (SSSR count). The second-order valence-corrected chi connectivity index (χ2v) is 7.90. The minimum Gasteiger partial charge on any atom is -0.484 e. The molecule has 1 fully saturated rings. The van der Waals surface area contributed by atoms with Gasteiger partial charge in [0.1, 0.15) is 18.1 Å². The molecular formula is C22H21Cl2N3O3. The molecule has 1 aromatic carbocycles. The van der Waals surface area contributed by atoms with E-state index in [-0.39, 0.29) is 12.5 Å². The summed E-state index contributed by atoms with van der Waals surface area (Å²) >= 11 is 12.0. The molecule has 0 aliphatic carbocycles. The van der Waals surface area contributed by atoms with Gasteiger partial charge in [-0.05, 0) is 42.0 Å². The lowest BCUT2D eigenvalue weighted by atomic mass is 10.2. The number of aromatic nitrogens is 1. The zero-order valence-corrected chi connectivity index (χ0v) is 17.8.